The Bertz CT molecular complexity index is 427. The molecule has 0 aliphatic carbocycles. The third-order valence-electron chi connectivity index (χ3n) is 3.49. The van der Waals surface area contributed by atoms with E-state index in [1.165, 1.54) is 11.1 Å². The molecule has 0 fully saturated rings. The maximum atomic E-state index is 12.3. The highest BCUT2D eigenvalue weighted by Gasteiger charge is 2.15. The molecular formula is C16H25NO2. The SMILES string of the molecule is COCCN(CC(=O)c1ccc(C)c(C)c1)C(C)C. The number of ketones is 1. The van der Waals surface area contributed by atoms with E-state index in [-0.39, 0.29) is 5.78 Å². The lowest BCUT2D eigenvalue weighted by atomic mass is 10.0. The van der Waals surface area contributed by atoms with E-state index in [1.807, 2.05) is 25.1 Å². The van der Waals surface area contributed by atoms with Crippen LogP contribution in [0.5, 0.6) is 0 Å². The van der Waals surface area contributed by atoms with Crippen LogP contribution >= 0.6 is 0 Å². The largest absolute Gasteiger partial charge is 0.383 e. The Morgan fingerprint density at radius 2 is 1.95 bits per heavy atom. The Hall–Kier alpha value is -1.19. The molecule has 1 aromatic carbocycles. The third kappa shape index (κ3) is 4.77. The zero-order chi connectivity index (χ0) is 14.4. The Morgan fingerprint density at radius 3 is 2.47 bits per heavy atom. The molecule has 0 atom stereocenters. The Morgan fingerprint density at radius 1 is 1.26 bits per heavy atom. The summed E-state index contributed by atoms with van der Waals surface area (Å²) in [5.41, 5.74) is 3.18. The van der Waals surface area contributed by atoms with E-state index in [0.717, 1.165) is 12.1 Å². The van der Waals surface area contributed by atoms with Crippen LogP contribution in [0.2, 0.25) is 0 Å². The molecule has 0 aliphatic heterocycles. The number of carbonyl (C=O) groups excluding carboxylic acids is 1. The molecule has 0 bridgehead atoms. The van der Waals surface area contributed by atoms with Gasteiger partial charge in [-0.2, -0.15) is 0 Å². The second-order valence-corrected chi connectivity index (χ2v) is 5.28. The first kappa shape index (κ1) is 15.9. The molecule has 3 nitrogen and oxygen atoms in total. The lowest BCUT2D eigenvalue weighted by Crippen LogP contribution is -2.38. The van der Waals surface area contributed by atoms with E-state index >= 15 is 0 Å². The number of Topliss-reactive ketones (excluding diaryl/α,β-unsaturated/α-hetero) is 1. The van der Waals surface area contributed by atoms with Crippen LogP contribution in [0.25, 0.3) is 0 Å². The maximum absolute atomic E-state index is 12.3. The molecule has 1 rings (SSSR count). The predicted octanol–water partition coefficient (Wildman–Crippen LogP) is 2.84. The lowest BCUT2D eigenvalue weighted by molar-refractivity contribution is 0.0852. The van der Waals surface area contributed by atoms with Crippen LogP contribution in [0.1, 0.15) is 35.3 Å². The van der Waals surface area contributed by atoms with Crippen molar-refractivity contribution in [2.45, 2.75) is 33.7 Å². The van der Waals surface area contributed by atoms with E-state index in [2.05, 4.69) is 25.7 Å². The summed E-state index contributed by atoms with van der Waals surface area (Å²) >= 11 is 0. The molecule has 0 saturated heterocycles. The van der Waals surface area contributed by atoms with Crippen molar-refractivity contribution in [3.63, 3.8) is 0 Å². The number of carbonyl (C=O) groups is 1. The minimum atomic E-state index is 0.174. The summed E-state index contributed by atoms with van der Waals surface area (Å²) in [6, 6.07) is 6.24. The number of hydrogen-bond acceptors (Lipinski definition) is 3. The molecule has 0 unspecified atom stereocenters. The molecule has 106 valence electrons. The summed E-state index contributed by atoms with van der Waals surface area (Å²) in [6.45, 7) is 10.2. The summed E-state index contributed by atoms with van der Waals surface area (Å²) in [5, 5.41) is 0. The fourth-order valence-electron chi connectivity index (χ4n) is 1.92. The number of methoxy groups -OCH3 is 1. The van der Waals surface area contributed by atoms with Gasteiger partial charge in [0.1, 0.15) is 0 Å². The van der Waals surface area contributed by atoms with Crippen LogP contribution in [0.3, 0.4) is 0 Å². The van der Waals surface area contributed by atoms with Crippen LogP contribution in [0, 0.1) is 13.8 Å². The summed E-state index contributed by atoms with van der Waals surface area (Å²) in [7, 11) is 1.68. The number of benzene rings is 1. The molecular weight excluding hydrogens is 238 g/mol. The highest BCUT2D eigenvalue weighted by Crippen LogP contribution is 2.11. The van der Waals surface area contributed by atoms with Crippen molar-refractivity contribution in [2.24, 2.45) is 0 Å². The van der Waals surface area contributed by atoms with Gasteiger partial charge in [-0.05, 0) is 44.9 Å². The van der Waals surface area contributed by atoms with Gasteiger partial charge >= 0.3 is 0 Å². The standard InChI is InChI=1S/C16H25NO2/c1-12(2)17(8-9-19-5)11-16(18)15-7-6-13(3)14(4)10-15/h6-7,10,12H,8-9,11H2,1-5H3. The topological polar surface area (TPSA) is 29.5 Å². The van der Waals surface area contributed by atoms with Crippen molar-refractivity contribution in [3.05, 3.63) is 34.9 Å². The van der Waals surface area contributed by atoms with Crippen molar-refractivity contribution in [1.82, 2.24) is 4.90 Å². The fourth-order valence-corrected chi connectivity index (χ4v) is 1.92. The molecule has 0 aliphatic rings. The van der Waals surface area contributed by atoms with E-state index in [9.17, 15) is 4.79 Å². The molecule has 0 spiro atoms. The second-order valence-electron chi connectivity index (χ2n) is 5.28. The van der Waals surface area contributed by atoms with Crippen LogP contribution in [0.15, 0.2) is 18.2 Å². The van der Waals surface area contributed by atoms with Crippen LogP contribution < -0.4 is 0 Å². The lowest BCUT2D eigenvalue weighted by Gasteiger charge is -2.25. The maximum Gasteiger partial charge on any atom is 0.176 e. The summed E-state index contributed by atoms with van der Waals surface area (Å²) in [6.07, 6.45) is 0. The van der Waals surface area contributed by atoms with E-state index in [1.54, 1.807) is 7.11 Å². The normalized spacial score (nSPS) is 11.3. The van der Waals surface area contributed by atoms with Crippen molar-refractivity contribution in [1.29, 1.82) is 0 Å². The first-order chi connectivity index (χ1) is 8.95. The van der Waals surface area contributed by atoms with Crippen molar-refractivity contribution in [3.8, 4) is 0 Å². The molecule has 0 radical (unpaired) electrons. The average molecular weight is 263 g/mol. The molecule has 0 N–H and O–H groups in total. The van der Waals surface area contributed by atoms with E-state index in [4.69, 9.17) is 4.74 Å². The minimum absolute atomic E-state index is 0.174. The highest BCUT2D eigenvalue weighted by atomic mass is 16.5. The number of aryl methyl sites for hydroxylation is 2. The number of rotatable bonds is 7. The van der Waals surface area contributed by atoms with E-state index < -0.39 is 0 Å². The summed E-state index contributed by atoms with van der Waals surface area (Å²) in [4.78, 5) is 14.4. The van der Waals surface area contributed by atoms with Crippen LogP contribution in [-0.2, 0) is 4.74 Å². The Labute approximate surface area is 116 Å². The molecule has 0 heterocycles. The predicted molar refractivity (Wildman–Crippen MR) is 78.8 cm³/mol. The van der Waals surface area contributed by atoms with Crippen molar-refractivity contribution < 1.29 is 9.53 Å². The van der Waals surface area contributed by atoms with Crippen LogP contribution in [-0.4, -0.2) is 43.5 Å². The molecule has 3 heteroatoms. The monoisotopic (exact) mass is 263 g/mol. The third-order valence-corrected chi connectivity index (χ3v) is 3.49. The smallest absolute Gasteiger partial charge is 0.176 e. The fraction of sp³-hybridized carbons (Fsp3) is 0.562. The average Bonchev–Trinajstić information content (AvgIpc) is 2.37. The first-order valence-corrected chi connectivity index (χ1v) is 6.79. The number of hydrogen-bond donors (Lipinski definition) is 0. The second kappa shape index (κ2) is 7.41. The van der Waals surface area contributed by atoms with Crippen molar-refractivity contribution in [2.75, 3.05) is 26.8 Å². The van der Waals surface area contributed by atoms with Gasteiger partial charge in [-0.1, -0.05) is 12.1 Å². The van der Waals surface area contributed by atoms with Gasteiger partial charge < -0.3 is 4.74 Å². The van der Waals surface area contributed by atoms with Gasteiger partial charge in [0, 0.05) is 25.3 Å². The summed E-state index contributed by atoms with van der Waals surface area (Å²) in [5.74, 6) is 0.174. The Kier molecular flexibility index (Phi) is 6.19. The quantitative estimate of drug-likeness (QED) is 0.708. The van der Waals surface area contributed by atoms with Crippen LogP contribution in [0.4, 0.5) is 0 Å². The molecule has 19 heavy (non-hydrogen) atoms. The molecule has 0 amide bonds. The van der Waals surface area contributed by atoms with Gasteiger partial charge in [0.2, 0.25) is 0 Å². The molecule has 0 saturated carbocycles. The van der Waals surface area contributed by atoms with Gasteiger partial charge in [0.05, 0.1) is 13.2 Å². The van der Waals surface area contributed by atoms with Gasteiger partial charge in [0.25, 0.3) is 0 Å². The van der Waals surface area contributed by atoms with E-state index in [0.29, 0.717) is 19.2 Å². The zero-order valence-electron chi connectivity index (χ0n) is 12.7. The highest BCUT2D eigenvalue weighted by molar-refractivity contribution is 5.97. The first-order valence-electron chi connectivity index (χ1n) is 6.79. The summed E-state index contributed by atoms with van der Waals surface area (Å²) < 4.78 is 5.09. The number of ether oxygens (including phenoxy) is 1. The molecule has 0 aromatic heterocycles. The van der Waals surface area contributed by atoms with Crippen molar-refractivity contribution >= 4 is 5.78 Å². The molecule has 1 aromatic rings. The Balaban J connectivity index is 2.73. The van der Waals surface area contributed by atoms with Gasteiger partial charge in [0.15, 0.2) is 5.78 Å². The van der Waals surface area contributed by atoms with Gasteiger partial charge in [-0.3, -0.25) is 9.69 Å². The van der Waals surface area contributed by atoms with Gasteiger partial charge in [-0.15, -0.1) is 0 Å². The zero-order valence-corrected chi connectivity index (χ0v) is 12.7. The number of nitrogens with zero attached hydrogens (tertiary/aromatic N) is 1. The van der Waals surface area contributed by atoms with Gasteiger partial charge in [-0.25, -0.2) is 0 Å². The minimum Gasteiger partial charge on any atom is -0.383 e.